The van der Waals surface area contributed by atoms with Crippen LogP contribution in [-0.2, 0) is 22.4 Å². The van der Waals surface area contributed by atoms with Crippen molar-refractivity contribution in [3.05, 3.63) is 113 Å². The molecule has 2 aromatic heterocycles. The van der Waals surface area contributed by atoms with Gasteiger partial charge in [0.05, 0.1) is 50.3 Å². The highest BCUT2D eigenvalue weighted by atomic mass is 32.2. The molecule has 0 radical (unpaired) electrons. The number of hydrogen-bond acceptors (Lipinski definition) is 6. The molecular formula is C31H22F4N4O3S. The summed E-state index contributed by atoms with van der Waals surface area (Å²) in [4.78, 5) is 18.2. The fourth-order valence-electron chi connectivity index (χ4n) is 6.03. The molecule has 4 aromatic rings. The lowest BCUT2D eigenvalue weighted by Crippen LogP contribution is -2.46. The van der Waals surface area contributed by atoms with Crippen LogP contribution in [-0.4, -0.2) is 34.2 Å². The number of alkyl halides is 3. The van der Waals surface area contributed by atoms with E-state index in [9.17, 15) is 36.0 Å². The first kappa shape index (κ1) is 28.5. The molecule has 218 valence electrons. The van der Waals surface area contributed by atoms with E-state index in [0.29, 0.717) is 28.6 Å². The van der Waals surface area contributed by atoms with E-state index in [4.69, 9.17) is 0 Å². The van der Waals surface area contributed by atoms with Gasteiger partial charge in [-0.2, -0.15) is 23.5 Å². The Morgan fingerprint density at radius 2 is 1.86 bits per heavy atom. The zero-order valence-electron chi connectivity index (χ0n) is 22.3. The molecule has 7 nitrogen and oxygen atoms in total. The maximum atomic E-state index is 14.3. The van der Waals surface area contributed by atoms with Crippen molar-refractivity contribution in [1.29, 1.82) is 5.26 Å². The van der Waals surface area contributed by atoms with E-state index in [1.807, 2.05) is 6.07 Å². The third-order valence-electron chi connectivity index (χ3n) is 8.17. The number of allylic oxidation sites excluding steroid dienone is 1. The highest BCUT2D eigenvalue weighted by Crippen LogP contribution is 2.52. The number of rotatable bonds is 5. The van der Waals surface area contributed by atoms with E-state index in [0.717, 1.165) is 12.3 Å². The third kappa shape index (κ3) is 4.93. The van der Waals surface area contributed by atoms with Gasteiger partial charge in [-0.15, -0.1) is 0 Å². The van der Waals surface area contributed by atoms with E-state index >= 15 is 0 Å². The molecule has 2 heterocycles. The maximum Gasteiger partial charge on any atom is 0.416 e. The van der Waals surface area contributed by atoms with Crippen LogP contribution in [0.15, 0.2) is 83.5 Å². The summed E-state index contributed by atoms with van der Waals surface area (Å²) in [6, 6.07) is 14.6. The number of pyridine rings is 1. The van der Waals surface area contributed by atoms with Gasteiger partial charge in [-0.1, -0.05) is 11.6 Å². The van der Waals surface area contributed by atoms with Crippen LogP contribution in [0.3, 0.4) is 0 Å². The first-order valence-corrected chi connectivity index (χ1v) is 14.8. The van der Waals surface area contributed by atoms with Crippen LogP contribution in [0.1, 0.15) is 52.1 Å². The highest BCUT2D eigenvalue weighted by Gasteiger charge is 2.52. The smallest absolute Gasteiger partial charge is 0.291 e. The van der Waals surface area contributed by atoms with Crippen molar-refractivity contribution in [3.8, 4) is 11.8 Å². The topological polar surface area (TPSA) is 106 Å². The van der Waals surface area contributed by atoms with E-state index in [-0.39, 0.29) is 36.1 Å². The molecule has 2 atom stereocenters. The molecule has 43 heavy (non-hydrogen) atoms. The van der Waals surface area contributed by atoms with E-state index < -0.39 is 49.5 Å². The molecule has 2 aromatic carbocycles. The Labute approximate surface area is 244 Å². The summed E-state index contributed by atoms with van der Waals surface area (Å²) in [5.74, 6) is -1.14. The van der Waals surface area contributed by atoms with E-state index in [1.165, 1.54) is 42.6 Å². The lowest BCUT2D eigenvalue weighted by atomic mass is 9.61. The molecule has 0 spiro atoms. The molecule has 1 saturated carbocycles. The zero-order chi connectivity index (χ0) is 30.6. The minimum atomic E-state index is -4.71. The van der Waals surface area contributed by atoms with Crippen LogP contribution in [0.5, 0.6) is 0 Å². The number of Topliss-reactive ketones (excluding diaryl/α,β-unsaturated/α-hetero) is 1. The Morgan fingerprint density at radius 3 is 2.58 bits per heavy atom. The first-order valence-electron chi connectivity index (χ1n) is 13.3. The summed E-state index contributed by atoms with van der Waals surface area (Å²) in [5.41, 5.74) is -0.489. The molecule has 0 amide bonds. The van der Waals surface area contributed by atoms with Gasteiger partial charge >= 0.3 is 6.18 Å². The number of ketones is 1. The third-order valence-corrected chi connectivity index (χ3v) is 10.4. The van der Waals surface area contributed by atoms with Crippen LogP contribution >= 0.6 is 0 Å². The Kier molecular flexibility index (Phi) is 6.81. The van der Waals surface area contributed by atoms with Crippen LogP contribution in [0.25, 0.3) is 11.8 Å². The molecule has 0 aliphatic heterocycles. The van der Waals surface area contributed by atoms with E-state index in [1.54, 1.807) is 22.9 Å². The van der Waals surface area contributed by atoms with Gasteiger partial charge < -0.3 is 0 Å². The minimum absolute atomic E-state index is 0.0175. The summed E-state index contributed by atoms with van der Waals surface area (Å²) in [6.45, 7) is 0. The SMILES string of the molecule is N#Cc1cccc(S(=O)(=O)[C@@H]2CCC3=Cc4c(cnn4-c4ccc(F)cc4)C[C@]3(C(=O)c3cc(C(F)(F)F)ccn3)C2)c1. The van der Waals surface area contributed by atoms with Gasteiger partial charge in [0.1, 0.15) is 11.5 Å². The Hall–Kier alpha value is -4.63. The van der Waals surface area contributed by atoms with Crippen molar-refractivity contribution < 1.29 is 30.8 Å². The minimum Gasteiger partial charge on any atom is -0.291 e. The Balaban J connectivity index is 1.47. The first-order chi connectivity index (χ1) is 20.4. The largest absolute Gasteiger partial charge is 0.416 e. The maximum absolute atomic E-state index is 14.3. The van der Waals surface area contributed by atoms with Crippen molar-refractivity contribution in [2.75, 3.05) is 0 Å². The van der Waals surface area contributed by atoms with Gasteiger partial charge in [0.25, 0.3) is 0 Å². The van der Waals surface area contributed by atoms with Crippen molar-refractivity contribution >= 4 is 21.7 Å². The number of carbonyl (C=O) groups is 1. The van der Waals surface area contributed by atoms with Crippen molar-refractivity contribution in [1.82, 2.24) is 14.8 Å². The normalized spacial score (nSPS) is 20.0. The van der Waals surface area contributed by atoms with Crippen LogP contribution in [0.2, 0.25) is 0 Å². The standard InChI is InChI=1S/C31H22F4N4O3S/c32-23-5-7-24(8-6-23)39-28-14-21-4-9-26(43(41,42)25-3-1-2-19(12-25)17-36)16-30(21,15-20(28)18-38-39)29(40)27-13-22(10-11-37-27)31(33,34)35/h1-3,5-8,10-14,18,26H,4,9,15-16H2/t26-,30+/m1/s1. The summed E-state index contributed by atoms with van der Waals surface area (Å²) >= 11 is 0. The lowest BCUT2D eigenvalue weighted by Gasteiger charge is -2.43. The van der Waals surface area contributed by atoms with Crippen LogP contribution in [0, 0.1) is 22.6 Å². The van der Waals surface area contributed by atoms with Crippen molar-refractivity contribution in [2.45, 2.75) is 42.0 Å². The highest BCUT2D eigenvalue weighted by molar-refractivity contribution is 7.92. The number of sulfone groups is 1. The Bertz CT molecular complexity index is 1940. The monoisotopic (exact) mass is 606 g/mol. The average Bonchev–Trinajstić information content (AvgIpc) is 3.41. The average molecular weight is 607 g/mol. The van der Waals surface area contributed by atoms with Crippen LogP contribution in [0.4, 0.5) is 17.6 Å². The van der Waals surface area contributed by atoms with Gasteiger partial charge in [-0.25, -0.2) is 17.5 Å². The quantitative estimate of drug-likeness (QED) is 0.200. The number of carbonyl (C=O) groups excluding carboxylic acids is 1. The number of benzene rings is 2. The second-order valence-electron chi connectivity index (χ2n) is 10.7. The molecule has 6 rings (SSSR count). The zero-order valence-corrected chi connectivity index (χ0v) is 23.2. The Morgan fingerprint density at radius 1 is 1.09 bits per heavy atom. The fraction of sp³-hybridized carbons (Fsp3) is 0.226. The second kappa shape index (κ2) is 10.3. The van der Waals surface area contributed by atoms with Crippen molar-refractivity contribution in [3.63, 3.8) is 0 Å². The molecular weight excluding hydrogens is 584 g/mol. The number of hydrogen-bond donors (Lipinski definition) is 0. The lowest BCUT2D eigenvalue weighted by molar-refractivity contribution is -0.137. The molecule has 0 saturated heterocycles. The fourth-order valence-corrected chi connectivity index (χ4v) is 7.91. The molecule has 1 fully saturated rings. The predicted molar refractivity (Wildman–Crippen MR) is 147 cm³/mol. The van der Waals surface area contributed by atoms with Gasteiger partial charge in [-0.3, -0.25) is 9.78 Å². The number of nitrogens with zero attached hydrogens (tertiary/aromatic N) is 4. The summed E-state index contributed by atoms with van der Waals surface area (Å²) in [6.07, 6.45) is -0.437. The summed E-state index contributed by atoms with van der Waals surface area (Å²) in [5, 5.41) is 12.7. The molecule has 0 N–H and O–H groups in total. The predicted octanol–water partition coefficient (Wildman–Crippen LogP) is 6.13. The molecule has 2 aliphatic rings. The second-order valence-corrected chi connectivity index (χ2v) is 12.9. The molecule has 2 aliphatic carbocycles. The molecule has 0 bridgehead atoms. The van der Waals surface area contributed by atoms with Gasteiger partial charge in [0.2, 0.25) is 0 Å². The van der Waals surface area contributed by atoms with Gasteiger partial charge in [0.15, 0.2) is 15.6 Å². The van der Waals surface area contributed by atoms with Gasteiger partial charge in [-0.05, 0) is 91.9 Å². The molecule has 12 heteroatoms. The van der Waals surface area contributed by atoms with E-state index in [2.05, 4.69) is 10.1 Å². The number of fused-ring (bicyclic) bond motifs is 2. The molecule has 0 unspecified atom stereocenters. The van der Waals surface area contributed by atoms with Crippen LogP contribution < -0.4 is 0 Å². The number of nitriles is 1. The number of aromatic nitrogens is 3. The summed E-state index contributed by atoms with van der Waals surface area (Å²) < 4.78 is 83.5. The van der Waals surface area contributed by atoms with Gasteiger partial charge in [0, 0.05) is 6.20 Å². The summed E-state index contributed by atoms with van der Waals surface area (Å²) in [7, 11) is -4.04. The van der Waals surface area contributed by atoms with Crippen molar-refractivity contribution in [2.24, 2.45) is 5.41 Å². The number of halogens is 4.